The van der Waals surface area contributed by atoms with E-state index in [0.717, 1.165) is 49.1 Å². The number of likely N-dealkylation sites (tertiary alicyclic amines) is 1. The number of hydrogen-bond donors (Lipinski definition) is 1. The molecule has 0 aromatic carbocycles. The van der Waals surface area contributed by atoms with E-state index in [4.69, 9.17) is 4.98 Å². The van der Waals surface area contributed by atoms with Crippen molar-refractivity contribution in [1.29, 1.82) is 0 Å². The lowest BCUT2D eigenvalue weighted by molar-refractivity contribution is 0.0948. The molecule has 2 aromatic rings. The highest BCUT2D eigenvalue weighted by Crippen LogP contribution is 2.41. The van der Waals surface area contributed by atoms with Crippen LogP contribution in [0.1, 0.15) is 73.2 Å². The molecule has 2 aliphatic heterocycles. The number of nitrogens with one attached hydrogen (secondary N) is 1. The van der Waals surface area contributed by atoms with Gasteiger partial charge in [0.05, 0.1) is 34.2 Å². The molecule has 0 radical (unpaired) electrons. The third-order valence-electron chi connectivity index (χ3n) is 7.25. The summed E-state index contributed by atoms with van der Waals surface area (Å²) >= 11 is 0. The van der Waals surface area contributed by atoms with Crippen molar-refractivity contribution in [3.05, 3.63) is 23.0 Å². The minimum atomic E-state index is -3.04. The fourth-order valence-electron chi connectivity index (χ4n) is 5.15. The van der Waals surface area contributed by atoms with Crippen molar-refractivity contribution < 1.29 is 13.2 Å². The normalized spacial score (nSPS) is 25.8. The first-order chi connectivity index (χ1) is 15.2. The van der Waals surface area contributed by atoms with Crippen LogP contribution < -0.4 is 5.32 Å². The lowest BCUT2D eigenvalue weighted by Crippen LogP contribution is -2.33. The van der Waals surface area contributed by atoms with Crippen LogP contribution in [0.15, 0.2) is 6.07 Å². The Morgan fingerprint density at radius 1 is 1.25 bits per heavy atom. The number of amides is 1. The summed E-state index contributed by atoms with van der Waals surface area (Å²) in [6, 6.07) is 2.26. The van der Waals surface area contributed by atoms with Crippen LogP contribution in [0.4, 0.5) is 0 Å². The summed E-state index contributed by atoms with van der Waals surface area (Å²) in [6.07, 6.45) is 3.81. The van der Waals surface area contributed by atoms with Crippen molar-refractivity contribution in [3.8, 4) is 0 Å². The van der Waals surface area contributed by atoms with Gasteiger partial charge in [0.15, 0.2) is 15.5 Å². The Labute approximate surface area is 189 Å². The van der Waals surface area contributed by atoms with Gasteiger partial charge in [-0.2, -0.15) is 5.10 Å². The number of rotatable bonds is 6. The molecule has 174 valence electrons. The second-order valence-electron chi connectivity index (χ2n) is 10.1. The van der Waals surface area contributed by atoms with Gasteiger partial charge in [0.2, 0.25) is 0 Å². The Hall–Kier alpha value is -2.00. The monoisotopic (exact) mass is 459 g/mol. The molecule has 1 aliphatic carbocycles. The molecule has 4 heterocycles. The van der Waals surface area contributed by atoms with Gasteiger partial charge in [-0.05, 0) is 65.0 Å². The van der Waals surface area contributed by atoms with E-state index in [1.54, 1.807) is 4.68 Å². The van der Waals surface area contributed by atoms with Crippen molar-refractivity contribution in [1.82, 2.24) is 25.0 Å². The number of fused-ring (bicyclic) bond motifs is 1. The van der Waals surface area contributed by atoms with Crippen LogP contribution in [0.25, 0.3) is 11.0 Å². The molecule has 0 bridgehead atoms. The maximum atomic E-state index is 13.3. The number of sulfone groups is 1. The van der Waals surface area contributed by atoms with Crippen molar-refractivity contribution in [2.45, 2.75) is 64.5 Å². The zero-order chi connectivity index (χ0) is 22.6. The summed E-state index contributed by atoms with van der Waals surface area (Å²) in [4.78, 5) is 20.7. The first-order valence-electron chi connectivity index (χ1n) is 11.8. The molecule has 9 heteroatoms. The Morgan fingerprint density at radius 2 is 2.03 bits per heavy atom. The molecule has 32 heavy (non-hydrogen) atoms. The molecule has 8 nitrogen and oxygen atoms in total. The molecule has 2 atom stereocenters. The molecule has 1 amide bonds. The smallest absolute Gasteiger partial charge is 0.252 e. The van der Waals surface area contributed by atoms with Gasteiger partial charge in [-0.1, -0.05) is 0 Å². The Balaban J connectivity index is 1.44. The summed E-state index contributed by atoms with van der Waals surface area (Å²) < 4.78 is 25.9. The average Bonchev–Trinajstić information content (AvgIpc) is 3.23. The molecule has 0 unspecified atom stereocenters. The molecule has 1 N–H and O–H groups in total. The average molecular weight is 460 g/mol. The van der Waals surface area contributed by atoms with Crippen molar-refractivity contribution in [2.24, 2.45) is 5.92 Å². The number of carbonyl (C=O) groups excluding carboxylic acids is 1. The van der Waals surface area contributed by atoms with Gasteiger partial charge in [0.25, 0.3) is 5.91 Å². The number of nitrogens with zero attached hydrogens (tertiary/aromatic N) is 4. The standard InChI is InChI=1S/C23H33N5O3S/c1-14(2)27-8-6-16(12-27)11-24-23(29)19-10-20(17-4-5-17)25-22-21(19)15(3)26-28(22)18-7-9-32(30,31)13-18/h10,14,16-18H,4-9,11-13H2,1-3H3,(H,24,29)/t16-,18+/m1/s1. The van der Waals surface area contributed by atoms with Crippen LogP contribution in [-0.4, -0.2) is 71.2 Å². The first-order valence-corrected chi connectivity index (χ1v) is 13.7. The van der Waals surface area contributed by atoms with Crippen LogP contribution in [0.3, 0.4) is 0 Å². The maximum absolute atomic E-state index is 13.3. The zero-order valence-electron chi connectivity index (χ0n) is 19.2. The molecule has 5 rings (SSSR count). The first kappa shape index (κ1) is 21.8. The van der Waals surface area contributed by atoms with Gasteiger partial charge in [-0.15, -0.1) is 0 Å². The molecule has 2 saturated heterocycles. The number of pyridine rings is 1. The van der Waals surface area contributed by atoms with E-state index in [1.807, 2.05) is 13.0 Å². The van der Waals surface area contributed by atoms with E-state index in [1.165, 1.54) is 0 Å². The SMILES string of the molecule is Cc1nn([C@H]2CCS(=O)(=O)C2)c2nc(C3CC3)cc(C(=O)NC[C@H]3CCN(C(C)C)C3)c12. The van der Waals surface area contributed by atoms with Crippen LogP contribution in [0.5, 0.6) is 0 Å². The quantitative estimate of drug-likeness (QED) is 0.713. The maximum Gasteiger partial charge on any atom is 0.252 e. The van der Waals surface area contributed by atoms with E-state index in [2.05, 4.69) is 29.2 Å². The summed E-state index contributed by atoms with van der Waals surface area (Å²) in [6.45, 7) is 9.08. The Bertz CT molecular complexity index is 1150. The number of aromatic nitrogens is 3. The fraction of sp³-hybridized carbons (Fsp3) is 0.696. The van der Waals surface area contributed by atoms with Crippen molar-refractivity contribution in [3.63, 3.8) is 0 Å². The largest absolute Gasteiger partial charge is 0.352 e. The van der Waals surface area contributed by atoms with E-state index in [0.29, 0.717) is 42.1 Å². The highest BCUT2D eigenvalue weighted by atomic mass is 32.2. The number of aryl methyl sites for hydroxylation is 1. The van der Waals surface area contributed by atoms with Gasteiger partial charge in [0.1, 0.15) is 0 Å². The van der Waals surface area contributed by atoms with Crippen LogP contribution in [0, 0.1) is 12.8 Å². The molecule has 1 saturated carbocycles. The predicted molar refractivity (Wildman–Crippen MR) is 124 cm³/mol. The molecule has 2 aromatic heterocycles. The molecule has 3 fully saturated rings. The lowest BCUT2D eigenvalue weighted by atomic mass is 10.1. The van der Waals surface area contributed by atoms with Gasteiger partial charge in [-0.3, -0.25) is 4.79 Å². The summed E-state index contributed by atoms with van der Waals surface area (Å²) in [5, 5.41) is 8.60. The van der Waals surface area contributed by atoms with E-state index < -0.39 is 9.84 Å². The van der Waals surface area contributed by atoms with Gasteiger partial charge >= 0.3 is 0 Å². The van der Waals surface area contributed by atoms with E-state index >= 15 is 0 Å². The number of carbonyl (C=O) groups is 1. The second-order valence-corrected chi connectivity index (χ2v) is 12.3. The summed E-state index contributed by atoms with van der Waals surface area (Å²) in [7, 11) is -3.04. The lowest BCUT2D eigenvalue weighted by Gasteiger charge is -2.20. The van der Waals surface area contributed by atoms with Crippen LogP contribution in [-0.2, 0) is 9.84 Å². The summed E-state index contributed by atoms with van der Waals surface area (Å²) in [5.41, 5.74) is 2.94. The third kappa shape index (κ3) is 4.17. The number of hydrogen-bond acceptors (Lipinski definition) is 6. The second kappa shape index (κ2) is 8.09. The topological polar surface area (TPSA) is 97.2 Å². The highest BCUT2D eigenvalue weighted by Gasteiger charge is 2.34. The highest BCUT2D eigenvalue weighted by molar-refractivity contribution is 7.91. The van der Waals surface area contributed by atoms with Crippen molar-refractivity contribution in [2.75, 3.05) is 31.1 Å². The molecule has 0 spiro atoms. The minimum absolute atomic E-state index is 0.0796. The van der Waals surface area contributed by atoms with Crippen molar-refractivity contribution >= 4 is 26.8 Å². The Kier molecular flexibility index (Phi) is 5.52. The van der Waals surface area contributed by atoms with Crippen LogP contribution >= 0.6 is 0 Å². The summed E-state index contributed by atoms with van der Waals surface area (Å²) in [5.74, 6) is 1.05. The van der Waals surface area contributed by atoms with E-state index in [-0.39, 0.29) is 23.5 Å². The molecular weight excluding hydrogens is 426 g/mol. The van der Waals surface area contributed by atoms with Gasteiger partial charge < -0.3 is 10.2 Å². The predicted octanol–water partition coefficient (Wildman–Crippen LogP) is 2.44. The van der Waals surface area contributed by atoms with E-state index in [9.17, 15) is 13.2 Å². The van der Waals surface area contributed by atoms with Gasteiger partial charge in [-0.25, -0.2) is 18.1 Å². The van der Waals surface area contributed by atoms with Gasteiger partial charge in [0, 0.05) is 30.7 Å². The minimum Gasteiger partial charge on any atom is -0.352 e. The molecular formula is C23H33N5O3S. The zero-order valence-corrected chi connectivity index (χ0v) is 20.0. The Morgan fingerprint density at radius 3 is 2.66 bits per heavy atom. The van der Waals surface area contributed by atoms with Crippen LogP contribution in [0.2, 0.25) is 0 Å². The fourth-order valence-corrected chi connectivity index (χ4v) is 6.85. The molecule has 3 aliphatic rings. The third-order valence-corrected chi connectivity index (χ3v) is 9.00.